The first-order chi connectivity index (χ1) is 15.0. The van der Waals surface area contributed by atoms with Gasteiger partial charge in [0.2, 0.25) is 0 Å². The van der Waals surface area contributed by atoms with Gasteiger partial charge in [0.1, 0.15) is 25.1 Å². The molecule has 0 aromatic carbocycles. The molecule has 162 valence electrons. The first-order valence-corrected chi connectivity index (χ1v) is 14.3. The first kappa shape index (κ1) is 21.5. The van der Waals surface area contributed by atoms with E-state index in [-0.39, 0.29) is 12.8 Å². The van der Waals surface area contributed by atoms with Gasteiger partial charge in [0.15, 0.2) is 6.23 Å². The van der Waals surface area contributed by atoms with Crippen molar-refractivity contribution >= 4 is 24.8 Å². The molecule has 0 saturated carbocycles. The molecule has 0 bridgehead atoms. The quantitative estimate of drug-likeness (QED) is 0.468. The zero-order valence-electron chi connectivity index (χ0n) is 18.4. The van der Waals surface area contributed by atoms with Crippen molar-refractivity contribution in [3.63, 3.8) is 0 Å². The number of hydrogen-bond acceptors (Lipinski definition) is 6. The summed E-state index contributed by atoms with van der Waals surface area (Å²) >= 11 is 0. The van der Waals surface area contributed by atoms with Gasteiger partial charge in [0, 0.05) is 36.5 Å². The number of rotatable bonds is 5. The molecule has 8 heteroatoms. The highest BCUT2D eigenvalue weighted by molar-refractivity contribution is 6.83. The molecule has 0 radical (unpaired) electrons. The second-order valence-corrected chi connectivity index (χ2v) is 13.5. The van der Waals surface area contributed by atoms with Crippen LogP contribution >= 0.6 is 0 Å². The van der Waals surface area contributed by atoms with E-state index in [2.05, 4.69) is 46.5 Å². The molecule has 2 N–H and O–H groups in total. The summed E-state index contributed by atoms with van der Waals surface area (Å²) in [5.74, 6) is 4.07. The minimum Gasteiger partial charge on any atom is -0.395 e. The van der Waals surface area contributed by atoms with E-state index in [1.807, 2.05) is 22.9 Å². The van der Waals surface area contributed by atoms with Crippen molar-refractivity contribution in [1.82, 2.24) is 19.7 Å². The smallest absolute Gasteiger partial charge is 0.150 e. The van der Waals surface area contributed by atoms with Gasteiger partial charge in [-0.1, -0.05) is 25.6 Å². The predicted molar refractivity (Wildman–Crippen MR) is 125 cm³/mol. The lowest BCUT2D eigenvalue weighted by Gasteiger charge is -2.24. The summed E-state index contributed by atoms with van der Waals surface area (Å²) in [7, 11) is -1.56. The summed E-state index contributed by atoms with van der Waals surface area (Å²) in [4.78, 5) is 9.52. The number of pyridine rings is 2. The van der Waals surface area contributed by atoms with Crippen LogP contribution in [0, 0.1) is 11.5 Å². The molecular formula is C23H29N5O2Si. The number of aliphatic hydroxyl groups excluding tert-OH is 1. The Hall–Kier alpha value is -2.73. The van der Waals surface area contributed by atoms with Crippen molar-refractivity contribution in [2.75, 3.05) is 25.1 Å². The minimum atomic E-state index is -1.56. The van der Waals surface area contributed by atoms with Gasteiger partial charge in [-0.3, -0.25) is 4.98 Å². The number of ether oxygens (including phenoxy) is 1. The van der Waals surface area contributed by atoms with Gasteiger partial charge in [-0.05, 0) is 37.5 Å². The van der Waals surface area contributed by atoms with E-state index < -0.39 is 8.07 Å². The molecule has 0 spiro atoms. The molecule has 1 fully saturated rings. The number of nitrogens with zero attached hydrogens (tertiary/aromatic N) is 4. The molecule has 1 atom stereocenters. The molecule has 31 heavy (non-hydrogen) atoms. The van der Waals surface area contributed by atoms with Gasteiger partial charge in [-0.25, -0.2) is 9.67 Å². The second kappa shape index (κ2) is 9.18. The summed E-state index contributed by atoms with van der Waals surface area (Å²) in [6.07, 6.45) is 6.64. The first-order valence-electron chi connectivity index (χ1n) is 10.8. The fraction of sp³-hybridized carbons (Fsp3) is 0.435. The van der Waals surface area contributed by atoms with Crippen LogP contribution in [0.1, 0.15) is 31.1 Å². The highest BCUT2D eigenvalue weighted by Crippen LogP contribution is 2.32. The van der Waals surface area contributed by atoms with Crippen LogP contribution in [0.2, 0.25) is 19.6 Å². The Morgan fingerprint density at radius 1 is 1.26 bits per heavy atom. The van der Waals surface area contributed by atoms with Crippen LogP contribution in [0.3, 0.4) is 0 Å². The van der Waals surface area contributed by atoms with Crippen LogP contribution in [0.15, 0.2) is 30.6 Å². The van der Waals surface area contributed by atoms with Crippen molar-refractivity contribution in [3.05, 3.63) is 36.2 Å². The highest BCUT2D eigenvalue weighted by atomic mass is 28.3. The molecule has 0 aliphatic carbocycles. The lowest BCUT2D eigenvalue weighted by molar-refractivity contribution is -0.0383. The van der Waals surface area contributed by atoms with E-state index in [0.717, 1.165) is 53.7 Å². The lowest BCUT2D eigenvalue weighted by atomic mass is 10.1. The summed E-state index contributed by atoms with van der Waals surface area (Å²) in [6, 6.07) is 5.88. The van der Waals surface area contributed by atoms with Crippen LogP contribution in [0.5, 0.6) is 0 Å². The fourth-order valence-corrected chi connectivity index (χ4v) is 4.13. The number of hydrogen-bond donors (Lipinski definition) is 2. The molecule has 1 aliphatic heterocycles. The maximum atomic E-state index is 9.26. The Labute approximate surface area is 183 Å². The standard InChI is InChI=1S/C23H29N5O2Si/c1-31(2,3)15-9-17-16-20(24-12-13-29)27-22-18(17)7-10-25-23(22)19-8-11-26-28(19)21-6-4-5-14-30-21/h7-8,10-11,16,21,29H,4-6,12-14H2,1-3H3,(H,24,27). The molecule has 1 aliphatic rings. The van der Waals surface area contributed by atoms with E-state index in [0.29, 0.717) is 12.4 Å². The Morgan fingerprint density at radius 3 is 2.87 bits per heavy atom. The van der Waals surface area contributed by atoms with Crippen molar-refractivity contribution in [2.45, 2.75) is 45.1 Å². The number of anilines is 1. The van der Waals surface area contributed by atoms with Crippen LogP contribution < -0.4 is 5.32 Å². The molecule has 1 saturated heterocycles. The molecule has 7 nitrogen and oxygen atoms in total. The molecular weight excluding hydrogens is 406 g/mol. The summed E-state index contributed by atoms with van der Waals surface area (Å²) in [6.45, 7) is 7.87. The SMILES string of the molecule is C[Si](C)(C)C#Cc1cc(NCCO)nc2c(-c3ccnn3C3CCCCO3)nccc12. The Kier molecular flexibility index (Phi) is 6.37. The van der Waals surface area contributed by atoms with Crippen LogP contribution in [0.4, 0.5) is 5.82 Å². The molecule has 4 rings (SSSR count). The maximum Gasteiger partial charge on any atom is 0.150 e. The largest absolute Gasteiger partial charge is 0.395 e. The van der Waals surface area contributed by atoms with E-state index in [9.17, 15) is 5.11 Å². The number of fused-ring (bicyclic) bond motifs is 1. The molecule has 3 aromatic heterocycles. The third kappa shape index (κ3) is 4.96. The average Bonchev–Trinajstić information content (AvgIpc) is 3.25. The van der Waals surface area contributed by atoms with Gasteiger partial charge < -0.3 is 15.2 Å². The van der Waals surface area contributed by atoms with E-state index in [1.54, 1.807) is 12.4 Å². The minimum absolute atomic E-state index is 0.0291. The van der Waals surface area contributed by atoms with E-state index in [4.69, 9.17) is 9.72 Å². The Morgan fingerprint density at radius 2 is 2.13 bits per heavy atom. The second-order valence-electron chi connectivity index (χ2n) is 8.74. The average molecular weight is 436 g/mol. The normalized spacial score (nSPS) is 16.7. The number of aliphatic hydroxyl groups is 1. The molecule has 0 amide bonds. The van der Waals surface area contributed by atoms with Crippen molar-refractivity contribution in [3.8, 4) is 22.9 Å². The summed E-state index contributed by atoms with van der Waals surface area (Å²) in [5.41, 5.74) is 6.78. The van der Waals surface area contributed by atoms with Crippen molar-refractivity contribution < 1.29 is 9.84 Å². The van der Waals surface area contributed by atoms with Crippen LogP contribution in [0.25, 0.3) is 22.3 Å². The monoisotopic (exact) mass is 435 g/mol. The third-order valence-corrected chi connectivity index (χ3v) is 5.93. The van der Waals surface area contributed by atoms with Gasteiger partial charge in [-0.15, -0.1) is 5.54 Å². The van der Waals surface area contributed by atoms with Gasteiger partial charge >= 0.3 is 0 Å². The van der Waals surface area contributed by atoms with Gasteiger partial charge in [0.05, 0.1) is 12.3 Å². The Bertz CT molecular complexity index is 1120. The Balaban J connectivity index is 1.87. The topological polar surface area (TPSA) is 85.1 Å². The van der Waals surface area contributed by atoms with Crippen molar-refractivity contribution in [2.24, 2.45) is 0 Å². The number of nitrogens with one attached hydrogen (secondary N) is 1. The maximum absolute atomic E-state index is 9.26. The highest BCUT2D eigenvalue weighted by Gasteiger charge is 2.22. The van der Waals surface area contributed by atoms with Crippen molar-refractivity contribution in [1.29, 1.82) is 0 Å². The fourth-order valence-electron chi connectivity index (χ4n) is 3.62. The molecule has 1 unspecified atom stereocenters. The van der Waals surface area contributed by atoms with Crippen LogP contribution in [-0.4, -0.2) is 52.7 Å². The zero-order chi connectivity index (χ0) is 21.8. The lowest BCUT2D eigenvalue weighted by Crippen LogP contribution is -2.20. The zero-order valence-corrected chi connectivity index (χ0v) is 19.4. The third-order valence-electron chi connectivity index (χ3n) is 5.06. The van der Waals surface area contributed by atoms with Gasteiger partial charge in [-0.2, -0.15) is 5.10 Å². The molecule has 4 heterocycles. The van der Waals surface area contributed by atoms with E-state index >= 15 is 0 Å². The predicted octanol–water partition coefficient (Wildman–Crippen LogP) is 3.83. The number of aromatic nitrogens is 4. The summed E-state index contributed by atoms with van der Waals surface area (Å²) in [5, 5.41) is 17.9. The van der Waals surface area contributed by atoms with Gasteiger partial charge in [0.25, 0.3) is 0 Å². The van der Waals surface area contributed by atoms with E-state index in [1.165, 1.54) is 0 Å². The molecule has 3 aromatic rings. The summed E-state index contributed by atoms with van der Waals surface area (Å²) < 4.78 is 7.89. The van der Waals surface area contributed by atoms with Crippen LogP contribution in [-0.2, 0) is 4.74 Å².